The first-order chi connectivity index (χ1) is 20.0. The van der Waals surface area contributed by atoms with Crippen LogP contribution in [-0.4, -0.2) is 124 Å². The molecule has 0 amide bonds. The zero-order valence-electron chi connectivity index (χ0n) is 22.8. The molecule has 2 saturated heterocycles. The van der Waals surface area contributed by atoms with Crippen LogP contribution in [0.1, 0.15) is 15.9 Å². The monoisotopic (exact) mass is 594 g/mol. The van der Waals surface area contributed by atoms with E-state index >= 15 is 0 Å². The summed E-state index contributed by atoms with van der Waals surface area (Å²) in [6, 6.07) is 9.01. The molecule has 2 aliphatic heterocycles. The number of methoxy groups -OCH3 is 2. The second-order valence-corrected chi connectivity index (χ2v) is 9.80. The van der Waals surface area contributed by atoms with E-state index in [0.29, 0.717) is 11.3 Å². The number of aliphatic hydroxyl groups is 6. The van der Waals surface area contributed by atoms with Gasteiger partial charge >= 0.3 is 0 Å². The molecule has 4 rings (SSSR count). The number of hydrogen-bond acceptors (Lipinski definition) is 14. The van der Waals surface area contributed by atoms with Crippen molar-refractivity contribution < 1.29 is 69.0 Å². The highest BCUT2D eigenvalue weighted by molar-refractivity contribution is 6.10. The lowest BCUT2D eigenvalue weighted by Crippen LogP contribution is -2.62. The van der Waals surface area contributed by atoms with E-state index in [-0.39, 0.29) is 22.8 Å². The molecule has 0 aliphatic carbocycles. The third kappa shape index (κ3) is 6.52. The molecule has 42 heavy (non-hydrogen) atoms. The number of ether oxygens (including phenoxy) is 6. The number of aromatic hydroxyl groups is 1. The molecule has 0 spiro atoms. The van der Waals surface area contributed by atoms with Gasteiger partial charge in [-0.3, -0.25) is 4.79 Å². The van der Waals surface area contributed by atoms with Crippen molar-refractivity contribution in [2.24, 2.45) is 0 Å². The number of carbonyl (C=O) groups is 1. The zero-order chi connectivity index (χ0) is 30.6. The number of hydrogen-bond donors (Lipinski definition) is 7. The Bertz CT molecular complexity index is 1250. The second-order valence-electron chi connectivity index (χ2n) is 9.80. The number of allylic oxidation sites excluding steroid dienone is 1. The summed E-state index contributed by atoms with van der Waals surface area (Å²) < 4.78 is 32.6. The largest absolute Gasteiger partial charge is 0.507 e. The molecule has 2 heterocycles. The van der Waals surface area contributed by atoms with Crippen molar-refractivity contribution in [1.82, 2.24) is 0 Å². The van der Waals surface area contributed by atoms with Crippen molar-refractivity contribution in [3.05, 3.63) is 53.6 Å². The molecule has 2 aliphatic rings. The van der Waals surface area contributed by atoms with Gasteiger partial charge in [-0.25, -0.2) is 0 Å². The molecule has 0 saturated carbocycles. The summed E-state index contributed by atoms with van der Waals surface area (Å²) in [6.07, 6.45) is -7.75. The van der Waals surface area contributed by atoms with E-state index in [2.05, 4.69) is 0 Å². The number of carbonyl (C=O) groups excluding carboxylic acids is 1. The molecule has 7 N–H and O–H groups in total. The Morgan fingerprint density at radius 3 is 2.33 bits per heavy atom. The Kier molecular flexibility index (Phi) is 10.0. The van der Waals surface area contributed by atoms with Crippen LogP contribution in [0.25, 0.3) is 6.08 Å². The Morgan fingerprint density at radius 1 is 1.02 bits per heavy atom. The van der Waals surface area contributed by atoms with E-state index in [9.17, 15) is 40.5 Å². The highest BCUT2D eigenvalue weighted by Gasteiger charge is 2.53. The average molecular weight is 595 g/mol. The summed E-state index contributed by atoms with van der Waals surface area (Å²) in [5.41, 5.74) is -1.45. The summed E-state index contributed by atoms with van der Waals surface area (Å²) >= 11 is 0. The van der Waals surface area contributed by atoms with Crippen molar-refractivity contribution in [3.63, 3.8) is 0 Å². The minimum absolute atomic E-state index is 0.0389. The third-order valence-corrected chi connectivity index (χ3v) is 7.01. The Labute approximate surface area is 240 Å². The molecule has 0 bridgehead atoms. The Balaban J connectivity index is 1.48. The SMILES string of the molecule is COc1cc(O)c(C(=O)/C=C/c2ccc(O[C@@H]3O[C@@H](CO)[C@@H](O)[C@H](O)[C@H]3O[C@@H]3OC[C@](O)(CO)[C@@H]3O)cc2)c(OC)c1. The maximum atomic E-state index is 12.8. The quantitative estimate of drug-likeness (QED) is 0.122. The molecule has 8 atom stereocenters. The third-order valence-electron chi connectivity index (χ3n) is 7.01. The van der Waals surface area contributed by atoms with Crippen LogP contribution in [0, 0.1) is 0 Å². The topological polar surface area (TPSA) is 214 Å². The van der Waals surface area contributed by atoms with Crippen LogP contribution in [0.15, 0.2) is 42.5 Å². The summed E-state index contributed by atoms with van der Waals surface area (Å²) in [6.45, 7) is -1.91. The van der Waals surface area contributed by atoms with Crippen LogP contribution in [0.2, 0.25) is 0 Å². The highest BCUT2D eigenvalue weighted by atomic mass is 16.8. The van der Waals surface area contributed by atoms with Crippen LogP contribution >= 0.6 is 0 Å². The van der Waals surface area contributed by atoms with Gasteiger partial charge in [0.05, 0.1) is 34.0 Å². The molecule has 230 valence electrons. The molecular formula is C28H34O14. The number of rotatable bonds is 11. The fourth-order valence-electron chi connectivity index (χ4n) is 4.51. The van der Waals surface area contributed by atoms with Gasteiger partial charge in [0.2, 0.25) is 6.29 Å². The lowest BCUT2D eigenvalue weighted by atomic mass is 9.98. The van der Waals surface area contributed by atoms with E-state index in [1.54, 1.807) is 12.1 Å². The number of aliphatic hydroxyl groups excluding tert-OH is 5. The molecule has 2 aromatic rings. The van der Waals surface area contributed by atoms with Crippen LogP contribution < -0.4 is 14.2 Å². The number of phenols is 1. The first-order valence-corrected chi connectivity index (χ1v) is 12.9. The molecule has 0 aromatic heterocycles. The summed E-state index contributed by atoms with van der Waals surface area (Å²) in [7, 11) is 2.78. The number of phenolic OH excluding ortho intramolecular Hbond substituents is 1. The molecule has 14 nitrogen and oxygen atoms in total. The van der Waals surface area contributed by atoms with E-state index in [1.165, 1.54) is 50.6 Å². The molecule has 14 heteroatoms. The Morgan fingerprint density at radius 2 is 1.74 bits per heavy atom. The van der Waals surface area contributed by atoms with Crippen LogP contribution in [0.3, 0.4) is 0 Å². The van der Waals surface area contributed by atoms with Gasteiger partial charge < -0.3 is 64.2 Å². The molecular weight excluding hydrogens is 560 g/mol. The molecule has 2 fully saturated rings. The van der Waals surface area contributed by atoms with Gasteiger partial charge in [-0.05, 0) is 23.8 Å². The Hall–Kier alpha value is -3.31. The summed E-state index contributed by atoms with van der Waals surface area (Å²) in [5.74, 6) is -0.152. The summed E-state index contributed by atoms with van der Waals surface area (Å²) in [4.78, 5) is 12.8. The smallest absolute Gasteiger partial charge is 0.229 e. The normalized spacial score (nSPS) is 31.3. The van der Waals surface area contributed by atoms with Crippen LogP contribution in [0.4, 0.5) is 0 Å². The van der Waals surface area contributed by atoms with Gasteiger partial charge in [-0.2, -0.15) is 0 Å². The maximum absolute atomic E-state index is 12.8. The van der Waals surface area contributed by atoms with Gasteiger partial charge in [-0.1, -0.05) is 18.2 Å². The fourth-order valence-corrected chi connectivity index (χ4v) is 4.51. The molecule has 2 aromatic carbocycles. The maximum Gasteiger partial charge on any atom is 0.229 e. The molecule has 0 radical (unpaired) electrons. The second kappa shape index (κ2) is 13.3. The molecule has 0 unspecified atom stereocenters. The fraction of sp³-hybridized carbons (Fsp3) is 0.464. The minimum atomic E-state index is -1.99. The van der Waals surface area contributed by atoms with Gasteiger partial charge in [0.1, 0.15) is 58.6 Å². The highest BCUT2D eigenvalue weighted by Crippen LogP contribution is 2.34. The minimum Gasteiger partial charge on any atom is -0.507 e. The first kappa shape index (κ1) is 31.6. The van der Waals surface area contributed by atoms with E-state index in [0.717, 1.165) is 0 Å². The van der Waals surface area contributed by atoms with Gasteiger partial charge in [0, 0.05) is 12.1 Å². The average Bonchev–Trinajstić information content (AvgIpc) is 3.28. The van der Waals surface area contributed by atoms with Crippen molar-refractivity contribution in [1.29, 1.82) is 0 Å². The van der Waals surface area contributed by atoms with Crippen LogP contribution in [0.5, 0.6) is 23.0 Å². The lowest BCUT2D eigenvalue weighted by molar-refractivity contribution is -0.318. The number of benzene rings is 2. The predicted molar refractivity (Wildman–Crippen MR) is 142 cm³/mol. The van der Waals surface area contributed by atoms with E-state index in [1.807, 2.05) is 0 Å². The van der Waals surface area contributed by atoms with Crippen molar-refractivity contribution in [3.8, 4) is 23.0 Å². The summed E-state index contributed by atoms with van der Waals surface area (Å²) in [5, 5.41) is 70.9. The van der Waals surface area contributed by atoms with E-state index < -0.39 is 74.3 Å². The van der Waals surface area contributed by atoms with Crippen molar-refractivity contribution >= 4 is 11.9 Å². The van der Waals surface area contributed by atoms with Crippen LogP contribution in [-0.2, 0) is 14.2 Å². The predicted octanol–water partition coefficient (Wildman–Crippen LogP) is -1.05. The first-order valence-electron chi connectivity index (χ1n) is 12.9. The van der Waals surface area contributed by atoms with Gasteiger partial charge in [-0.15, -0.1) is 0 Å². The standard InChI is InChI=1S/C28H34O14/c1-37-16-9-18(32)21(19(10-16)38-2)17(31)8-5-14-3-6-15(7-4-14)40-26-24(23(34)22(33)20(11-29)41-26)42-27-25(35)28(36,12-30)13-39-27/h3-10,20,22-27,29-30,32-36H,11-13H2,1-2H3/b8-5+/t20-,22+,23-,24+,25+,26+,27-,28+/m0/s1. The van der Waals surface area contributed by atoms with Gasteiger partial charge in [0.25, 0.3) is 0 Å². The lowest BCUT2D eigenvalue weighted by Gasteiger charge is -2.42. The van der Waals surface area contributed by atoms with E-state index in [4.69, 9.17) is 28.4 Å². The van der Waals surface area contributed by atoms with Crippen molar-refractivity contribution in [2.75, 3.05) is 34.0 Å². The van der Waals surface area contributed by atoms with Crippen molar-refractivity contribution in [2.45, 2.75) is 48.7 Å². The zero-order valence-corrected chi connectivity index (χ0v) is 22.8. The number of ketones is 1. The van der Waals surface area contributed by atoms with Gasteiger partial charge in [0.15, 0.2) is 18.2 Å².